The van der Waals surface area contributed by atoms with Crippen molar-refractivity contribution in [2.24, 2.45) is 10.1 Å². The van der Waals surface area contributed by atoms with E-state index in [1.807, 2.05) is 20.1 Å². The number of anilines is 1. The Morgan fingerprint density at radius 2 is 2.08 bits per heavy atom. The highest BCUT2D eigenvalue weighted by atomic mass is 32.2. The van der Waals surface area contributed by atoms with Gasteiger partial charge in [0.25, 0.3) is 0 Å². The number of hydrogen-bond acceptors (Lipinski definition) is 9. The highest BCUT2D eigenvalue weighted by Crippen LogP contribution is 2.45. The summed E-state index contributed by atoms with van der Waals surface area (Å²) >= 11 is 1.49. The molecule has 39 heavy (non-hydrogen) atoms. The van der Waals surface area contributed by atoms with Crippen molar-refractivity contribution in [3.05, 3.63) is 34.9 Å². The zero-order chi connectivity index (χ0) is 28.5. The fourth-order valence-corrected chi connectivity index (χ4v) is 7.15. The van der Waals surface area contributed by atoms with Gasteiger partial charge in [-0.05, 0) is 69.0 Å². The largest absolute Gasteiger partial charge is 0.395 e. The van der Waals surface area contributed by atoms with E-state index >= 15 is 0 Å². The number of hydrogen-bond donors (Lipinski definition) is 2. The third kappa shape index (κ3) is 6.23. The summed E-state index contributed by atoms with van der Waals surface area (Å²) < 4.78 is 27.1. The number of β-amino-alcohol motifs (C(OH)–C–C–N with tert-alkyl or cyclic N) is 1. The third-order valence-corrected chi connectivity index (χ3v) is 9.57. The van der Waals surface area contributed by atoms with Gasteiger partial charge in [-0.1, -0.05) is 27.2 Å². The van der Waals surface area contributed by atoms with Gasteiger partial charge in [-0.2, -0.15) is 0 Å². The predicted molar refractivity (Wildman–Crippen MR) is 160 cm³/mol. The summed E-state index contributed by atoms with van der Waals surface area (Å²) in [7, 11) is -3.32. The van der Waals surface area contributed by atoms with Gasteiger partial charge in [0.05, 0.1) is 18.0 Å². The number of aliphatic imine (C=N–C) groups is 1. The molecule has 2 aliphatic rings. The molecule has 2 atom stereocenters. The number of aryl methyl sites for hydroxylation is 1. The lowest BCUT2D eigenvalue weighted by molar-refractivity contribution is 0.277. The van der Waals surface area contributed by atoms with Gasteiger partial charge >= 0.3 is 0 Å². The van der Waals surface area contributed by atoms with E-state index in [0.717, 1.165) is 34.8 Å². The van der Waals surface area contributed by atoms with Crippen LogP contribution in [0, 0.1) is 6.92 Å². The first-order valence-electron chi connectivity index (χ1n) is 13.6. The van der Waals surface area contributed by atoms with Crippen LogP contribution in [0.4, 0.5) is 11.4 Å². The number of thioether (sulfide) groups is 1. The quantitative estimate of drug-likeness (QED) is 0.436. The second-order valence-corrected chi connectivity index (χ2v) is 13.9. The number of sulfonamides is 1. The van der Waals surface area contributed by atoms with Gasteiger partial charge in [0.1, 0.15) is 10.8 Å². The Hall–Kier alpha value is -2.28. The molecule has 1 aromatic carbocycles. The van der Waals surface area contributed by atoms with Gasteiger partial charge in [-0.25, -0.2) is 23.1 Å². The van der Waals surface area contributed by atoms with Crippen molar-refractivity contribution in [1.29, 1.82) is 0 Å². The van der Waals surface area contributed by atoms with Crippen LogP contribution in [0.2, 0.25) is 0 Å². The van der Waals surface area contributed by atoms with Crippen LogP contribution >= 0.6 is 11.8 Å². The zero-order valence-electron chi connectivity index (χ0n) is 24.0. The maximum atomic E-state index is 12.2. The first kappa shape index (κ1) is 29.7. The van der Waals surface area contributed by atoms with Crippen LogP contribution in [-0.2, 0) is 10.0 Å². The van der Waals surface area contributed by atoms with Gasteiger partial charge in [0, 0.05) is 30.2 Å². The van der Waals surface area contributed by atoms with Crippen molar-refractivity contribution in [2.75, 3.05) is 36.6 Å². The number of unbranched alkanes of at least 4 members (excludes halogenated alkanes) is 1. The van der Waals surface area contributed by atoms with E-state index < -0.39 is 10.0 Å². The number of nitrogens with one attached hydrogen (secondary N) is 1. The SMILES string of the molecule is CCCCS(=O)(=O)NCC(C)c1nc2n(n1)N=C(SC)/C2=N/c1cc2c(cc1C)N(CCO)C(C)(C)CC2C. The van der Waals surface area contributed by atoms with E-state index in [9.17, 15) is 13.5 Å². The molecule has 2 aromatic rings. The smallest absolute Gasteiger partial charge is 0.211 e. The summed E-state index contributed by atoms with van der Waals surface area (Å²) in [6, 6.07) is 4.34. The molecule has 2 unspecified atom stereocenters. The molecule has 2 aliphatic heterocycles. The number of benzene rings is 1. The van der Waals surface area contributed by atoms with Crippen LogP contribution in [-0.4, -0.2) is 76.4 Å². The molecular weight excluding hydrogens is 534 g/mol. The molecular formula is C27H41N7O3S2. The fourth-order valence-electron chi connectivity index (χ4n) is 5.35. The molecule has 4 rings (SSSR count). The molecule has 0 saturated heterocycles. The lowest BCUT2D eigenvalue weighted by Gasteiger charge is -2.47. The molecule has 1 aromatic heterocycles. The van der Waals surface area contributed by atoms with Crippen molar-refractivity contribution in [1.82, 2.24) is 19.6 Å². The average Bonchev–Trinajstić information content (AvgIpc) is 3.43. The molecule has 0 saturated carbocycles. The minimum Gasteiger partial charge on any atom is -0.395 e. The lowest BCUT2D eigenvalue weighted by atomic mass is 9.79. The standard InChI is InChI=1S/C27H41N7O3S2/c1-8-9-12-39(36,37)28-16-19(4)24-30-25-23(26(38-7)32-34(25)31-24)29-21-14-20-18(3)15-27(5,6)33(10-11-35)22(20)13-17(21)2/h13-14,18-19,28,35H,8-12,15-16H2,1-7H3/b29-23+. The molecule has 3 heterocycles. The van der Waals surface area contributed by atoms with Gasteiger partial charge in [-0.3, -0.25) is 0 Å². The Morgan fingerprint density at radius 3 is 2.74 bits per heavy atom. The number of aliphatic hydroxyl groups excluding tert-OH is 1. The monoisotopic (exact) mass is 575 g/mol. The molecule has 2 N–H and O–H groups in total. The van der Waals surface area contributed by atoms with Gasteiger partial charge in [0.2, 0.25) is 15.8 Å². The Balaban J connectivity index is 1.65. The van der Waals surface area contributed by atoms with Crippen LogP contribution in [0.3, 0.4) is 0 Å². The maximum absolute atomic E-state index is 12.2. The number of rotatable bonds is 10. The number of aliphatic hydroxyl groups is 1. The predicted octanol–water partition coefficient (Wildman–Crippen LogP) is 4.15. The molecule has 214 valence electrons. The number of fused-ring (bicyclic) bond motifs is 2. The first-order chi connectivity index (χ1) is 18.4. The maximum Gasteiger partial charge on any atom is 0.211 e. The van der Waals surface area contributed by atoms with E-state index in [4.69, 9.17) is 9.98 Å². The highest BCUT2D eigenvalue weighted by Gasteiger charge is 2.37. The summed E-state index contributed by atoms with van der Waals surface area (Å²) in [6.07, 6.45) is 4.39. The first-order valence-corrected chi connectivity index (χ1v) is 16.5. The Morgan fingerprint density at radius 1 is 1.33 bits per heavy atom. The Bertz CT molecular complexity index is 1380. The lowest BCUT2D eigenvalue weighted by Crippen LogP contribution is -2.49. The van der Waals surface area contributed by atoms with Crippen molar-refractivity contribution in [2.45, 2.75) is 78.2 Å². The molecule has 12 heteroatoms. The summed E-state index contributed by atoms with van der Waals surface area (Å²) in [4.78, 5) is 13.6. The van der Waals surface area contributed by atoms with Crippen molar-refractivity contribution in [3.8, 4) is 0 Å². The van der Waals surface area contributed by atoms with E-state index in [2.05, 4.69) is 59.6 Å². The Labute approximate surface area is 236 Å². The molecule has 10 nitrogen and oxygen atoms in total. The average molecular weight is 576 g/mol. The van der Waals surface area contributed by atoms with Crippen molar-refractivity contribution >= 4 is 43.9 Å². The summed E-state index contributed by atoms with van der Waals surface area (Å²) in [5.41, 5.74) is 4.88. The van der Waals surface area contributed by atoms with E-state index in [-0.39, 0.29) is 30.4 Å². The minimum absolute atomic E-state index is 0.0488. The van der Waals surface area contributed by atoms with Gasteiger partial charge < -0.3 is 10.0 Å². The minimum atomic E-state index is -3.32. The fraction of sp³-hybridized carbons (Fsp3) is 0.630. The second-order valence-electron chi connectivity index (χ2n) is 11.2. The van der Waals surface area contributed by atoms with Crippen molar-refractivity contribution in [3.63, 3.8) is 0 Å². The van der Waals surface area contributed by atoms with Gasteiger partial charge in [0.15, 0.2) is 5.82 Å². The molecule has 0 radical (unpaired) electrons. The van der Waals surface area contributed by atoms with Crippen molar-refractivity contribution < 1.29 is 13.5 Å². The van der Waals surface area contributed by atoms with Crippen LogP contribution in [0.1, 0.15) is 88.5 Å². The van der Waals surface area contributed by atoms with Gasteiger partial charge in [-0.15, -0.1) is 26.8 Å². The topological polar surface area (TPSA) is 125 Å². The zero-order valence-corrected chi connectivity index (χ0v) is 25.7. The third-order valence-electron chi connectivity index (χ3n) is 7.48. The highest BCUT2D eigenvalue weighted by molar-refractivity contribution is 8.15. The van der Waals surface area contributed by atoms with Crippen LogP contribution in [0.15, 0.2) is 22.2 Å². The normalized spacial score (nSPS) is 20.2. The molecule has 0 aliphatic carbocycles. The van der Waals surface area contributed by atoms with Crippen LogP contribution in [0.25, 0.3) is 0 Å². The number of nitrogens with zero attached hydrogens (tertiary/aromatic N) is 6. The summed E-state index contributed by atoms with van der Waals surface area (Å²) in [5, 5.41) is 19.6. The molecule has 0 fully saturated rings. The van der Waals surface area contributed by atoms with E-state index in [0.29, 0.717) is 36.2 Å². The molecule has 0 bridgehead atoms. The molecule has 0 spiro atoms. The van der Waals surface area contributed by atoms with E-state index in [1.165, 1.54) is 22.1 Å². The second kappa shape index (κ2) is 11.7. The molecule has 0 amide bonds. The Kier molecular flexibility index (Phi) is 8.89. The van der Waals surface area contributed by atoms with Crippen LogP contribution in [0.5, 0.6) is 0 Å². The number of aromatic nitrogens is 3. The van der Waals surface area contributed by atoms with E-state index in [1.54, 1.807) is 0 Å². The summed E-state index contributed by atoms with van der Waals surface area (Å²) in [5.74, 6) is 1.33. The summed E-state index contributed by atoms with van der Waals surface area (Å²) in [6.45, 7) is 13.5. The van der Waals surface area contributed by atoms with Crippen LogP contribution < -0.4 is 9.62 Å².